The molecule has 0 saturated carbocycles. The van der Waals surface area contributed by atoms with Gasteiger partial charge in [0.1, 0.15) is 23.7 Å². The molecular weight excluding hydrogens is 327 g/mol. The number of hydrogen-bond acceptors (Lipinski definition) is 6. The average molecular weight is 342 g/mol. The summed E-state index contributed by atoms with van der Waals surface area (Å²) in [6.07, 6.45) is 1.53. The molecule has 1 aromatic carbocycles. The Morgan fingerprint density at radius 3 is 2.88 bits per heavy atom. The Balaban J connectivity index is 1.69. The second-order valence-electron chi connectivity index (χ2n) is 5.03. The average Bonchev–Trinajstić information content (AvgIpc) is 3.09. The minimum absolute atomic E-state index is 0.114. The molecule has 0 N–H and O–H groups in total. The van der Waals surface area contributed by atoms with Gasteiger partial charge in [0.05, 0.1) is 12.2 Å². The SMILES string of the molecule is CCOc1ncccc1C(=O)OCc1cc(-c2ccccc2F)on1. The Labute approximate surface area is 143 Å². The summed E-state index contributed by atoms with van der Waals surface area (Å²) >= 11 is 0. The normalized spacial score (nSPS) is 10.5. The second kappa shape index (κ2) is 7.57. The van der Waals surface area contributed by atoms with Crippen LogP contribution in [0.5, 0.6) is 5.88 Å². The van der Waals surface area contributed by atoms with Gasteiger partial charge in [-0.15, -0.1) is 0 Å². The number of esters is 1. The zero-order valence-corrected chi connectivity index (χ0v) is 13.4. The maximum atomic E-state index is 13.7. The molecule has 3 aromatic rings. The summed E-state index contributed by atoms with van der Waals surface area (Å²) in [5.41, 5.74) is 0.883. The van der Waals surface area contributed by atoms with Gasteiger partial charge in [-0.3, -0.25) is 0 Å². The molecule has 25 heavy (non-hydrogen) atoms. The number of benzene rings is 1. The monoisotopic (exact) mass is 342 g/mol. The summed E-state index contributed by atoms with van der Waals surface area (Å²) in [6, 6.07) is 10.9. The zero-order chi connectivity index (χ0) is 17.6. The van der Waals surface area contributed by atoms with Gasteiger partial charge in [-0.05, 0) is 31.2 Å². The van der Waals surface area contributed by atoms with Crippen LogP contribution in [0.3, 0.4) is 0 Å². The first-order valence-electron chi connectivity index (χ1n) is 7.64. The van der Waals surface area contributed by atoms with Crippen molar-refractivity contribution in [2.45, 2.75) is 13.5 Å². The topological polar surface area (TPSA) is 74.5 Å². The third-order valence-corrected chi connectivity index (χ3v) is 3.32. The molecule has 7 heteroatoms. The van der Waals surface area contributed by atoms with Crippen molar-refractivity contribution in [2.24, 2.45) is 0 Å². The maximum Gasteiger partial charge on any atom is 0.344 e. The lowest BCUT2D eigenvalue weighted by molar-refractivity contribution is 0.0459. The van der Waals surface area contributed by atoms with Gasteiger partial charge in [0.25, 0.3) is 0 Å². The molecule has 0 saturated heterocycles. The fraction of sp³-hybridized carbons (Fsp3) is 0.167. The summed E-state index contributed by atoms with van der Waals surface area (Å²) < 4.78 is 29.4. The van der Waals surface area contributed by atoms with E-state index in [4.69, 9.17) is 14.0 Å². The molecule has 0 aliphatic heterocycles. The first-order chi connectivity index (χ1) is 12.2. The lowest BCUT2D eigenvalue weighted by Gasteiger charge is -2.07. The largest absolute Gasteiger partial charge is 0.477 e. The number of hydrogen-bond donors (Lipinski definition) is 0. The molecule has 2 heterocycles. The van der Waals surface area contributed by atoms with E-state index in [0.717, 1.165) is 0 Å². The molecule has 0 amide bonds. The van der Waals surface area contributed by atoms with Crippen LogP contribution in [0.2, 0.25) is 0 Å². The minimum Gasteiger partial charge on any atom is -0.477 e. The van der Waals surface area contributed by atoms with Crippen LogP contribution < -0.4 is 4.74 Å². The third-order valence-electron chi connectivity index (χ3n) is 3.32. The number of carbonyl (C=O) groups is 1. The minimum atomic E-state index is -0.591. The Morgan fingerprint density at radius 2 is 2.08 bits per heavy atom. The van der Waals surface area contributed by atoms with Crippen molar-refractivity contribution in [3.8, 4) is 17.2 Å². The molecular formula is C18H15FN2O4. The van der Waals surface area contributed by atoms with Gasteiger partial charge < -0.3 is 14.0 Å². The van der Waals surface area contributed by atoms with E-state index >= 15 is 0 Å². The summed E-state index contributed by atoms with van der Waals surface area (Å²) in [7, 11) is 0. The predicted octanol–water partition coefficient (Wildman–Crippen LogP) is 3.63. The van der Waals surface area contributed by atoms with Gasteiger partial charge in [0, 0.05) is 12.3 Å². The number of halogens is 1. The smallest absolute Gasteiger partial charge is 0.344 e. The maximum absolute atomic E-state index is 13.7. The van der Waals surface area contributed by atoms with Crippen LogP contribution in [0.1, 0.15) is 23.0 Å². The van der Waals surface area contributed by atoms with Gasteiger partial charge >= 0.3 is 5.97 Å². The Morgan fingerprint density at radius 1 is 1.24 bits per heavy atom. The Hall–Kier alpha value is -3.22. The van der Waals surface area contributed by atoms with Gasteiger partial charge in [-0.25, -0.2) is 14.2 Å². The first kappa shape index (κ1) is 16.6. The van der Waals surface area contributed by atoms with Gasteiger partial charge in [0.2, 0.25) is 5.88 Å². The summed E-state index contributed by atoms with van der Waals surface area (Å²) in [6.45, 7) is 2.06. The number of aromatic nitrogens is 2. The van der Waals surface area contributed by atoms with Crippen molar-refractivity contribution in [2.75, 3.05) is 6.61 Å². The van der Waals surface area contributed by atoms with Gasteiger partial charge in [-0.2, -0.15) is 0 Å². The van der Waals surface area contributed by atoms with E-state index in [1.54, 1.807) is 37.3 Å². The molecule has 0 atom stereocenters. The number of ether oxygens (including phenoxy) is 2. The standard InChI is InChI=1S/C18H15FN2O4/c1-2-23-17-14(7-5-9-20-17)18(22)24-11-12-10-16(25-21-12)13-6-3-4-8-15(13)19/h3-10H,2,11H2,1H3. The van der Waals surface area contributed by atoms with Crippen LogP contribution >= 0.6 is 0 Å². The number of rotatable bonds is 6. The molecule has 0 radical (unpaired) electrons. The molecule has 6 nitrogen and oxygen atoms in total. The van der Waals surface area contributed by atoms with Crippen molar-refractivity contribution < 1.29 is 23.2 Å². The van der Waals surface area contributed by atoms with Crippen LogP contribution in [0, 0.1) is 5.82 Å². The molecule has 0 fully saturated rings. The van der Waals surface area contributed by atoms with Crippen molar-refractivity contribution in [3.05, 3.63) is 65.7 Å². The van der Waals surface area contributed by atoms with Crippen molar-refractivity contribution in [1.82, 2.24) is 10.1 Å². The van der Waals surface area contributed by atoms with Crippen molar-refractivity contribution in [3.63, 3.8) is 0 Å². The lowest BCUT2D eigenvalue weighted by atomic mass is 10.1. The highest BCUT2D eigenvalue weighted by atomic mass is 19.1. The van der Waals surface area contributed by atoms with Crippen LogP contribution in [0.15, 0.2) is 53.2 Å². The number of pyridine rings is 1. The van der Waals surface area contributed by atoms with E-state index in [1.807, 2.05) is 0 Å². The number of carbonyl (C=O) groups excluding carboxylic acids is 1. The fourth-order valence-electron chi connectivity index (χ4n) is 2.18. The van der Waals surface area contributed by atoms with E-state index in [1.165, 1.54) is 18.3 Å². The van der Waals surface area contributed by atoms with E-state index in [2.05, 4.69) is 10.1 Å². The van der Waals surface area contributed by atoms with Gasteiger partial charge in [-0.1, -0.05) is 17.3 Å². The Bertz CT molecular complexity index is 879. The highest BCUT2D eigenvalue weighted by Gasteiger charge is 2.16. The fourth-order valence-corrected chi connectivity index (χ4v) is 2.18. The molecule has 0 spiro atoms. The highest BCUT2D eigenvalue weighted by Crippen LogP contribution is 2.24. The Kier molecular flexibility index (Phi) is 5.03. The molecule has 0 bridgehead atoms. The third kappa shape index (κ3) is 3.82. The quantitative estimate of drug-likeness (QED) is 0.637. The zero-order valence-electron chi connectivity index (χ0n) is 13.4. The van der Waals surface area contributed by atoms with Crippen molar-refractivity contribution in [1.29, 1.82) is 0 Å². The molecule has 0 unspecified atom stereocenters. The van der Waals surface area contributed by atoms with E-state index < -0.39 is 11.8 Å². The summed E-state index contributed by atoms with van der Waals surface area (Å²) in [5, 5.41) is 3.79. The molecule has 0 aliphatic carbocycles. The van der Waals surface area contributed by atoms with E-state index in [0.29, 0.717) is 17.9 Å². The van der Waals surface area contributed by atoms with Crippen LogP contribution in [-0.4, -0.2) is 22.7 Å². The van der Waals surface area contributed by atoms with Crippen LogP contribution in [-0.2, 0) is 11.3 Å². The van der Waals surface area contributed by atoms with Gasteiger partial charge in [0.15, 0.2) is 5.76 Å². The second-order valence-corrected chi connectivity index (χ2v) is 5.03. The molecule has 3 rings (SSSR count). The first-order valence-corrected chi connectivity index (χ1v) is 7.64. The molecule has 0 aliphatic rings. The van der Waals surface area contributed by atoms with E-state index in [-0.39, 0.29) is 23.8 Å². The predicted molar refractivity (Wildman–Crippen MR) is 86.4 cm³/mol. The van der Waals surface area contributed by atoms with Crippen LogP contribution in [0.4, 0.5) is 4.39 Å². The number of nitrogens with zero attached hydrogens (tertiary/aromatic N) is 2. The summed E-state index contributed by atoms with van der Waals surface area (Å²) in [4.78, 5) is 16.2. The summed E-state index contributed by atoms with van der Waals surface area (Å²) in [5.74, 6) is -0.534. The molecule has 128 valence electrons. The van der Waals surface area contributed by atoms with Crippen LogP contribution in [0.25, 0.3) is 11.3 Å². The van der Waals surface area contributed by atoms with E-state index in [9.17, 15) is 9.18 Å². The molecule has 2 aromatic heterocycles. The highest BCUT2D eigenvalue weighted by molar-refractivity contribution is 5.91. The lowest BCUT2D eigenvalue weighted by Crippen LogP contribution is -2.09. The van der Waals surface area contributed by atoms with Crippen molar-refractivity contribution >= 4 is 5.97 Å².